The van der Waals surface area contributed by atoms with Crippen LogP contribution in [0.1, 0.15) is 0 Å². The summed E-state index contributed by atoms with van der Waals surface area (Å²) in [5.74, 6) is 0.751. The lowest BCUT2D eigenvalue weighted by Gasteiger charge is -2.19. The lowest BCUT2D eigenvalue weighted by molar-refractivity contribution is 0.0693. The van der Waals surface area contributed by atoms with Crippen molar-refractivity contribution in [3.63, 3.8) is 0 Å². The number of hydrogen-bond acceptors (Lipinski definition) is 4. The molecule has 0 amide bonds. The molecule has 1 atom stereocenters. The number of aromatic nitrogens is 2. The van der Waals surface area contributed by atoms with Gasteiger partial charge in [0.1, 0.15) is 0 Å². The normalized spacial score (nSPS) is 12.9. The van der Waals surface area contributed by atoms with Gasteiger partial charge in [0.25, 0.3) is 0 Å². The summed E-state index contributed by atoms with van der Waals surface area (Å²) in [4.78, 5) is 9.53. The molecule has 1 heterocycles. The molecule has 0 spiro atoms. The van der Waals surface area contributed by atoms with Crippen molar-refractivity contribution in [2.24, 2.45) is 0 Å². The fourth-order valence-electron chi connectivity index (χ4n) is 1.77. The third-order valence-corrected chi connectivity index (χ3v) is 2.58. The van der Waals surface area contributed by atoms with E-state index in [9.17, 15) is 5.11 Å². The van der Waals surface area contributed by atoms with Gasteiger partial charge in [-0.25, -0.2) is 4.98 Å². The van der Waals surface area contributed by atoms with Crippen LogP contribution in [0.25, 0.3) is 11.0 Å². The number of fused-ring (bicyclic) bond motifs is 1. The number of benzene rings is 1. The van der Waals surface area contributed by atoms with Crippen molar-refractivity contribution in [3.05, 3.63) is 24.3 Å². The monoisotopic (exact) mass is 235 g/mol. The van der Waals surface area contributed by atoms with Gasteiger partial charge in [-0.3, -0.25) is 0 Å². The summed E-state index contributed by atoms with van der Waals surface area (Å²) < 4.78 is 4.89. The second-order valence-electron chi connectivity index (χ2n) is 4.07. The average molecular weight is 235 g/mol. The number of nitrogens with zero attached hydrogens (tertiary/aromatic N) is 2. The fourth-order valence-corrected chi connectivity index (χ4v) is 1.77. The highest BCUT2D eigenvalue weighted by molar-refractivity contribution is 5.77. The van der Waals surface area contributed by atoms with E-state index >= 15 is 0 Å². The van der Waals surface area contributed by atoms with Crippen LogP contribution in [0.4, 0.5) is 5.95 Å². The second-order valence-corrected chi connectivity index (χ2v) is 4.07. The molecule has 1 aromatic carbocycles. The van der Waals surface area contributed by atoms with Crippen LogP contribution in [0.3, 0.4) is 0 Å². The van der Waals surface area contributed by atoms with Crippen molar-refractivity contribution < 1.29 is 9.84 Å². The summed E-state index contributed by atoms with van der Waals surface area (Å²) >= 11 is 0. The molecule has 92 valence electrons. The second kappa shape index (κ2) is 5.16. The average Bonchev–Trinajstić information content (AvgIpc) is 2.72. The van der Waals surface area contributed by atoms with Crippen LogP contribution in [-0.2, 0) is 4.74 Å². The number of methoxy groups -OCH3 is 1. The van der Waals surface area contributed by atoms with Crippen LogP contribution >= 0.6 is 0 Å². The Bertz CT molecular complexity index is 450. The number of rotatable bonds is 5. The number of anilines is 1. The smallest absolute Gasteiger partial charge is 0.203 e. The molecule has 1 unspecified atom stereocenters. The lowest BCUT2D eigenvalue weighted by atomic mass is 10.3. The predicted octanol–water partition coefficient (Wildman–Crippen LogP) is 1.01. The van der Waals surface area contributed by atoms with E-state index in [1.807, 2.05) is 36.2 Å². The third-order valence-electron chi connectivity index (χ3n) is 2.58. The van der Waals surface area contributed by atoms with Crippen molar-refractivity contribution in [3.8, 4) is 0 Å². The predicted molar refractivity (Wildman–Crippen MR) is 67.2 cm³/mol. The van der Waals surface area contributed by atoms with E-state index in [4.69, 9.17) is 4.74 Å². The molecule has 17 heavy (non-hydrogen) atoms. The highest BCUT2D eigenvalue weighted by Gasteiger charge is 2.11. The summed E-state index contributed by atoms with van der Waals surface area (Å²) in [5.41, 5.74) is 1.92. The van der Waals surface area contributed by atoms with E-state index in [1.54, 1.807) is 7.11 Å². The van der Waals surface area contributed by atoms with Gasteiger partial charge in [-0.1, -0.05) is 12.1 Å². The number of imidazole rings is 1. The molecule has 1 aromatic heterocycles. The Morgan fingerprint density at radius 1 is 1.47 bits per heavy atom. The number of aromatic amines is 1. The molecule has 2 rings (SSSR count). The quantitative estimate of drug-likeness (QED) is 0.812. The molecule has 5 nitrogen and oxygen atoms in total. The number of para-hydroxylation sites is 2. The molecule has 0 radical (unpaired) electrons. The number of aliphatic hydroxyl groups excluding tert-OH is 1. The van der Waals surface area contributed by atoms with E-state index in [0.29, 0.717) is 13.2 Å². The summed E-state index contributed by atoms with van der Waals surface area (Å²) in [5, 5.41) is 9.65. The SMILES string of the molecule is COCC(O)CN(C)c1nc2ccccc2[nH]1. The lowest BCUT2D eigenvalue weighted by Crippen LogP contribution is -2.32. The zero-order valence-electron chi connectivity index (χ0n) is 10.1. The summed E-state index contributed by atoms with van der Waals surface area (Å²) in [6.07, 6.45) is -0.516. The van der Waals surface area contributed by atoms with Crippen LogP contribution in [0.5, 0.6) is 0 Å². The van der Waals surface area contributed by atoms with E-state index < -0.39 is 6.10 Å². The molecule has 0 bridgehead atoms. The van der Waals surface area contributed by atoms with Crippen LogP contribution in [-0.4, -0.2) is 48.5 Å². The number of H-pyrrole nitrogens is 1. The number of likely N-dealkylation sites (N-methyl/N-ethyl adjacent to an activating group) is 1. The maximum absolute atomic E-state index is 9.65. The highest BCUT2D eigenvalue weighted by Crippen LogP contribution is 2.15. The van der Waals surface area contributed by atoms with Crippen LogP contribution < -0.4 is 4.90 Å². The van der Waals surface area contributed by atoms with E-state index in [2.05, 4.69) is 9.97 Å². The van der Waals surface area contributed by atoms with Crippen LogP contribution in [0.2, 0.25) is 0 Å². The molecule has 0 fully saturated rings. The number of ether oxygens (including phenoxy) is 1. The van der Waals surface area contributed by atoms with Crippen molar-refractivity contribution in [2.75, 3.05) is 32.2 Å². The Labute approximate surface area is 100 Å². The zero-order chi connectivity index (χ0) is 12.3. The Hall–Kier alpha value is -1.59. The van der Waals surface area contributed by atoms with Crippen molar-refractivity contribution in [2.45, 2.75) is 6.10 Å². The van der Waals surface area contributed by atoms with Crippen molar-refractivity contribution >= 4 is 17.0 Å². The first kappa shape index (κ1) is 11.9. The van der Waals surface area contributed by atoms with Gasteiger partial charge in [0.05, 0.1) is 23.7 Å². The molecule has 0 saturated carbocycles. The summed E-state index contributed by atoms with van der Waals surface area (Å²) in [6.45, 7) is 0.804. The first-order valence-electron chi connectivity index (χ1n) is 5.53. The molecule has 0 aliphatic rings. The molecular formula is C12H17N3O2. The van der Waals surface area contributed by atoms with Gasteiger partial charge in [0.15, 0.2) is 0 Å². The molecule has 0 aliphatic heterocycles. The van der Waals surface area contributed by atoms with Gasteiger partial charge in [-0.2, -0.15) is 0 Å². The van der Waals surface area contributed by atoms with Crippen molar-refractivity contribution in [1.82, 2.24) is 9.97 Å². The van der Waals surface area contributed by atoms with Crippen molar-refractivity contribution in [1.29, 1.82) is 0 Å². The zero-order valence-corrected chi connectivity index (χ0v) is 10.1. The first-order chi connectivity index (χ1) is 8.20. The molecule has 0 saturated heterocycles. The van der Waals surface area contributed by atoms with Crippen LogP contribution in [0, 0.1) is 0 Å². The standard InChI is InChI=1S/C12H17N3O2/c1-15(7-9(16)8-17-2)12-13-10-5-3-4-6-11(10)14-12/h3-6,9,16H,7-8H2,1-2H3,(H,13,14). The van der Waals surface area contributed by atoms with Gasteiger partial charge in [-0.15, -0.1) is 0 Å². The molecule has 2 N–H and O–H groups in total. The van der Waals surface area contributed by atoms with E-state index in [0.717, 1.165) is 17.0 Å². The first-order valence-corrected chi connectivity index (χ1v) is 5.53. The fraction of sp³-hybridized carbons (Fsp3) is 0.417. The molecular weight excluding hydrogens is 218 g/mol. The maximum Gasteiger partial charge on any atom is 0.203 e. The minimum Gasteiger partial charge on any atom is -0.389 e. The Morgan fingerprint density at radius 2 is 2.24 bits per heavy atom. The molecule has 0 aliphatic carbocycles. The van der Waals surface area contributed by atoms with Gasteiger partial charge >= 0.3 is 0 Å². The third kappa shape index (κ3) is 2.75. The number of aliphatic hydroxyl groups is 1. The summed E-state index contributed by atoms with van der Waals surface area (Å²) in [6, 6.07) is 7.84. The van der Waals surface area contributed by atoms with Gasteiger partial charge in [0.2, 0.25) is 5.95 Å². The van der Waals surface area contributed by atoms with E-state index in [1.165, 1.54) is 0 Å². The minimum absolute atomic E-state index is 0.324. The highest BCUT2D eigenvalue weighted by atomic mass is 16.5. The van der Waals surface area contributed by atoms with Crippen LogP contribution in [0.15, 0.2) is 24.3 Å². The van der Waals surface area contributed by atoms with E-state index in [-0.39, 0.29) is 0 Å². The number of nitrogens with one attached hydrogen (secondary N) is 1. The largest absolute Gasteiger partial charge is 0.389 e. The molecule has 5 heteroatoms. The topological polar surface area (TPSA) is 61.4 Å². The van der Waals surface area contributed by atoms with Gasteiger partial charge in [0, 0.05) is 20.7 Å². The summed E-state index contributed by atoms with van der Waals surface area (Å²) in [7, 11) is 3.46. The van der Waals surface area contributed by atoms with Gasteiger partial charge in [-0.05, 0) is 12.1 Å². The number of hydrogen-bond donors (Lipinski definition) is 2. The Morgan fingerprint density at radius 3 is 2.94 bits per heavy atom. The van der Waals surface area contributed by atoms with Gasteiger partial charge < -0.3 is 19.7 Å². The maximum atomic E-state index is 9.65. The molecule has 2 aromatic rings. The minimum atomic E-state index is -0.516. The Kier molecular flexibility index (Phi) is 3.61. The Balaban J connectivity index is 2.10.